The van der Waals surface area contributed by atoms with Gasteiger partial charge in [0.05, 0.1) is 23.6 Å². The molecule has 2 heteroatoms. The fourth-order valence-corrected chi connectivity index (χ4v) is 5.50. The summed E-state index contributed by atoms with van der Waals surface area (Å²) in [5, 5.41) is 4.09. The lowest BCUT2D eigenvalue weighted by atomic mass is 9.87. The number of hydrogen-bond donors (Lipinski definition) is 0. The van der Waals surface area contributed by atoms with Gasteiger partial charge in [-0.25, -0.2) is 4.98 Å². The van der Waals surface area contributed by atoms with Gasteiger partial charge in [0.15, 0.2) is 0 Å². The molecule has 0 spiro atoms. The third kappa shape index (κ3) is 3.37. The van der Waals surface area contributed by atoms with E-state index in [4.69, 9.17) is 11.8 Å². The Hall–Kier alpha value is -4.69. The lowest BCUT2D eigenvalue weighted by Crippen LogP contribution is -2.03. The standard InChI is InChI=1S/C35H26N2/c1-2-33-36-31-22-12-13-23-32(31)37(33)35-29-20-10-8-18-27(29)34(28-19-9-11-21-30(28)35)26-17-7-6-16-25(26)24-14-4-3-5-15-24/h3-23H,2H2,1H3/i3D,4D,5D,14D,15D. The Bertz CT molecular complexity index is 2110. The number of aromatic nitrogens is 2. The van der Waals surface area contributed by atoms with Crippen LogP contribution in [0.4, 0.5) is 0 Å². The molecule has 0 bridgehead atoms. The Morgan fingerprint density at radius 3 is 1.89 bits per heavy atom. The first-order chi connectivity index (χ1) is 20.4. The summed E-state index contributed by atoms with van der Waals surface area (Å²) in [5.74, 6) is 0.971. The maximum atomic E-state index is 8.73. The second-order valence-electron chi connectivity index (χ2n) is 9.07. The molecule has 0 atom stereocenters. The summed E-state index contributed by atoms with van der Waals surface area (Å²) in [6, 6.07) is 30.9. The van der Waals surface area contributed by atoms with E-state index in [2.05, 4.69) is 41.8 Å². The molecule has 176 valence electrons. The summed E-state index contributed by atoms with van der Waals surface area (Å²) in [6.07, 6.45) is 0.761. The maximum absolute atomic E-state index is 8.73. The van der Waals surface area contributed by atoms with Crippen LogP contribution >= 0.6 is 0 Å². The third-order valence-electron chi connectivity index (χ3n) is 7.04. The highest BCUT2D eigenvalue weighted by molar-refractivity contribution is 6.19. The number of imidazole rings is 1. The molecule has 0 N–H and O–H groups in total. The second-order valence-corrected chi connectivity index (χ2v) is 9.07. The van der Waals surface area contributed by atoms with Gasteiger partial charge in [0.1, 0.15) is 5.82 Å². The summed E-state index contributed by atoms with van der Waals surface area (Å²) in [6.45, 7) is 2.12. The normalized spacial score (nSPS) is 13.4. The molecule has 0 aliphatic heterocycles. The van der Waals surface area contributed by atoms with Crippen molar-refractivity contribution in [2.24, 2.45) is 0 Å². The van der Waals surface area contributed by atoms with E-state index in [1.54, 1.807) is 0 Å². The molecule has 0 aliphatic carbocycles. The molecule has 7 aromatic rings. The molecule has 6 aromatic carbocycles. The lowest BCUT2D eigenvalue weighted by Gasteiger charge is -2.21. The molecule has 1 aromatic heterocycles. The van der Waals surface area contributed by atoms with E-state index < -0.39 is 6.04 Å². The van der Waals surface area contributed by atoms with E-state index in [9.17, 15) is 0 Å². The molecule has 7 rings (SSSR count). The van der Waals surface area contributed by atoms with Crippen molar-refractivity contribution in [3.63, 3.8) is 0 Å². The number of para-hydroxylation sites is 2. The molecule has 0 amide bonds. The summed E-state index contributed by atoms with van der Waals surface area (Å²) < 4.78 is 44.5. The maximum Gasteiger partial charge on any atom is 0.114 e. The van der Waals surface area contributed by atoms with Crippen molar-refractivity contribution in [2.75, 3.05) is 0 Å². The Balaban J connectivity index is 1.65. The van der Waals surface area contributed by atoms with Crippen molar-refractivity contribution in [2.45, 2.75) is 13.3 Å². The van der Waals surface area contributed by atoms with Crippen LogP contribution in [-0.2, 0) is 6.42 Å². The van der Waals surface area contributed by atoms with E-state index in [0.29, 0.717) is 5.56 Å². The molecule has 0 fully saturated rings. The Kier molecular flexibility index (Phi) is 4.00. The van der Waals surface area contributed by atoms with Crippen LogP contribution in [0.5, 0.6) is 0 Å². The van der Waals surface area contributed by atoms with Crippen molar-refractivity contribution in [1.82, 2.24) is 9.55 Å². The minimum atomic E-state index is -0.397. The van der Waals surface area contributed by atoms with Gasteiger partial charge in [-0.1, -0.05) is 122 Å². The van der Waals surface area contributed by atoms with Gasteiger partial charge in [-0.3, -0.25) is 4.57 Å². The van der Waals surface area contributed by atoms with Crippen molar-refractivity contribution in [3.8, 4) is 27.9 Å². The Morgan fingerprint density at radius 2 is 1.22 bits per heavy atom. The zero-order valence-electron chi connectivity index (χ0n) is 25.3. The van der Waals surface area contributed by atoms with Gasteiger partial charge in [0.2, 0.25) is 0 Å². The van der Waals surface area contributed by atoms with Crippen LogP contribution in [0.15, 0.2) is 127 Å². The zero-order chi connectivity index (χ0) is 29.1. The number of nitrogens with zero attached hydrogens (tertiary/aromatic N) is 2. The van der Waals surface area contributed by atoms with Crippen molar-refractivity contribution in [3.05, 3.63) is 133 Å². The average molecular weight is 480 g/mol. The highest BCUT2D eigenvalue weighted by atomic mass is 15.1. The summed E-state index contributed by atoms with van der Waals surface area (Å²) >= 11 is 0. The second kappa shape index (κ2) is 8.76. The molecule has 37 heavy (non-hydrogen) atoms. The fourth-order valence-electron chi connectivity index (χ4n) is 5.50. The van der Waals surface area contributed by atoms with E-state index in [0.717, 1.165) is 61.6 Å². The quantitative estimate of drug-likeness (QED) is 0.230. The molecule has 0 aliphatic rings. The van der Waals surface area contributed by atoms with Gasteiger partial charge in [0.25, 0.3) is 0 Å². The number of fused-ring (bicyclic) bond motifs is 3. The molecule has 0 saturated heterocycles. The minimum Gasteiger partial charge on any atom is -0.295 e. The van der Waals surface area contributed by atoms with E-state index in [1.807, 2.05) is 66.7 Å². The monoisotopic (exact) mass is 479 g/mol. The van der Waals surface area contributed by atoms with E-state index in [1.165, 1.54) is 0 Å². The van der Waals surface area contributed by atoms with Crippen LogP contribution in [-0.4, -0.2) is 9.55 Å². The molecule has 2 nitrogen and oxygen atoms in total. The molecule has 0 saturated carbocycles. The van der Waals surface area contributed by atoms with Crippen LogP contribution in [0.25, 0.3) is 60.5 Å². The summed E-state index contributed by atoms with van der Waals surface area (Å²) in [7, 11) is 0. The van der Waals surface area contributed by atoms with Gasteiger partial charge in [-0.2, -0.15) is 0 Å². The van der Waals surface area contributed by atoms with Crippen LogP contribution in [0.3, 0.4) is 0 Å². The largest absolute Gasteiger partial charge is 0.295 e. The molecule has 0 radical (unpaired) electrons. The fraction of sp³-hybridized carbons (Fsp3) is 0.0571. The molecule has 0 unspecified atom stereocenters. The first-order valence-corrected chi connectivity index (χ1v) is 12.5. The smallest absolute Gasteiger partial charge is 0.114 e. The number of benzene rings is 6. The highest BCUT2D eigenvalue weighted by Crippen LogP contribution is 2.44. The van der Waals surface area contributed by atoms with Crippen molar-refractivity contribution >= 4 is 32.6 Å². The Labute approximate surface area is 223 Å². The van der Waals surface area contributed by atoms with Gasteiger partial charge in [-0.15, -0.1) is 0 Å². The first kappa shape index (κ1) is 16.9. The van der Waals surface area contributed by atoms with E-state index >= 15 is 0 Å². The number of aryl methyl sites for hydroxylation is 1. The van der Waals surface area contributed by atoms with Crippen LogP contribution in [0.2, 0.25) is 0 Å². The molecular weight excluding hydrogens is 448 g/mol. The predicted molar refractivity (Wildman–Crippen MR) is 156 cm³/mol. The molecular formula is C35H26N2. The van der Waals surface area contributed by atoms with Gasteiger partial charge in [-0.05, 0) is 45.2 Å². The van der Waals surface area contributed by atoms with Crippen molar-refractivity contribution < 1.29 is 6.85 Å². The average Bonchev–Trinajstić information content (AvgIpc) is 3.40. The highest BCUT2D eigenvalue weighted by Gasteiger charge is 2.21. The number of rotatable bonds is 4. The SMILES string of the molecule is [2H]c1c([2H])c([2H])c(-c2ccccc2-c2c3ccccc3c(-n3c(CC)nc4ccccc43)c3ccccc23)c([2H])c1[2H]. The van der Waals surface area contributed by atoms with Gasteiger partial charge >= 0.3 is 0 Å². The van der Waals surface area contributed by atoms with Crippen molar-refractivity contribution in [1.29, 1.82) is 0 Å². The van der Waals surface area contributed by atoms with Gasteiger partial charge < -0.3 is 0 Å². The summed E-state index contributed by atoms with van der Waals surface area (Å²) in [5.41, 5.74) is 5.59. The van der Waals surface area contributed by atoms with Gasteiger partial charge in [0, 0.05) is 17.2 Å². The predicted octanol–water partition coefficient (Wildman–Crippen LogP) is 9.23. The lowest BCUT2D eigenvalue weighted by molar-refractivity contribution is 0.917. The zero-order valence-corrected chi connectivity index (χ0v) is 20.3. The molecule has 1 heterocycles. The van der Waals surface area contributed by atoms with Crippen LogP contribution in [0.1, 0.15) is 19.6 Å². The van der Waals surface area contributed by atoms with Crippen LogP contribution in [0, 0.1) is 0 Å². The Morgan fingerprint density at radius 1 is 0.649 bits per heavy atom. The minimum absolute atomic E-state index is 0.197. The van der Waals surface area contributed by atoms with Crippen LogP contribution < -0.4 is 0 Å². The topological polar surface area (TPSA) is 17.8 Å². The van der Waals surface area contributed by atoms with E-state index in [-0.39, 0.29) is 29.7 Å². The first-order valence-electron chi connectivity index (χ1n) is 15.0. The number of hydrogen-bond acceptors (Lipinski definition) is 1. The third-order valence-corrected chi connectivity index (χ3v) is 7.04. The summed E-state index contributed by atoms with van der Waals surface area (Å²) in [4.78, 5) is 4.97.